The monoisotopic (exact) mass is 304 g/mol. The summed E-state index contributed by atoms with van der Waals surface area (Å²) in [7, 11) is 0. The number of hydrogen-bond acceptors (Lipinski definition) is 2. The second-order valence-electron chi connectivity index (χ2n) is 4.56. The number of carbonyl (C=O) groups excluding carboxylic acids is 1. The smallest absolute Gasteiger partial charge is 0.251 e. The first kappa shape index (κ1) is 15.2. The summed E-state index contributed by atoms with van der Waals surface area (Å²) in [6.07, 6.45) is 0. The maximum absolute atomic E-state index is 11.9. The zero-order chi connectivity index (χ0) is 13.9. The van der Waals surface area contributed by atoms with Gasteiger partial charge in [0, 0.05) is 17.5 Å². The molecule has 0 spiro atoms. The SMILES string of the molecule is CC(C)(CNC(=O)c1ccc(Cl)c(Cl)c1)C(N)=S. The van der Waals surface area contributed by atoms with Crippen molar-refractivity contribution in [3.8, 4) is 0 Å². The van der Waals surface area contributed by atoms with E-state index in [4.69, 9.17) is 41.2 Å². The number of halogens is 2. The average Bonchev–Trinajstić information content (AvgIpc) is 2.29. The normalized spacial score (nSPS) is 11.1. The highest BCUT2D eigenvalue weighted by molar-refractivity contribution is 7.80. The molecule has 1 aromatic carbocycles. The van der Waals surface area contributed by atoms with Crippen molar-refractivity contribution in [1.82, 2.24) is 5.32 Å². The molecule has 0 radical (unpaired) electrons. The van der Waals surface area contributed by atoms with E-state index in [1.54, 1.807) is 12.1 Å². The summed E-state index contributed by atoms with van der Waals surface area (Å²) < 4.78 is 0. The van der Waals surface area contributed by atoms with Gasteiger partial charge in [-0.3, -0.25) is 4.79 Å². The van der Waals surface area contributed by atoms with Crippen LogP contribution in [0.25, 0.3) is 0 Å². The molecule has 0 aromatic heterocycles. The summed E-state index contributed by atoms with van der Waals surface area (Å²) in [6, 6.07) is 4.71. The molecular formula is C12H14Cl2N2OS. The Labute approximate surface area is 122 Å². The third-order valence-electron chi connectivity index (χ3n) is 2.54. The van der Waals surface area contributed by atoms with Gasteiger partial charge < -0.3 is 11.1 Å². The molecule has 98 valence electrons. The first-order valence-corrected chi connectivity index (χ1v) is 6.43. The minimum Gasteiger partial charge on any atom is -0.393 e. The van der Waals surface area contributed by atoms with Crippen molar-refractivity contribution in [2.75, 3.05) is 6.54 Å². The van der Waals surface area contributed by atoms with Crippen LogP contribution in [0.4, 0.5) is 0 Å². The molecule has 0 saturated heterocycles. The quantitative estimate of drug-likeness (QED) is 0.841. The number of carbonyl (C=O) groups is 1. The van der Waals surface area contributed by atoms with E-state index in [0.717, 1.165) is 0 Å². The van der Waals surface area contributed by atoms with Crippen molar-refractivity contribution in [2.45, 2.75) is 13.8 Å². The third-order valence-corrected chi connectivity index (χ3v) is 3.83. The second-order valence-corrected chi connectivity index (χ2v) is 5.81. The van der Waals surface area contributed by atoms with Gasteiger partial charge in [-0.15, -0.1) is 0 Å². The fraction of sp³-hybridized carbons (Fsp3) is 0.333. The Morgan fingerprint density at radius 1 is 1.39 bits per heavy atom. The Hall–Kier alpha value is -0.840. The zero-order valence-electron chi connectivity index (χ0n) is 10.1. The van der Waals surface area contributed by atoms with Crippen LogP contribution in [0.5, 0.6) is 0 Å². The molecular weight excluding hydrogens is 291 g/mol. The maximum atomic E-state index is 11.9. The van der Waals surface area contributed by atoms with Crippen molar-refractivity contribution in [3.05, 3.63) is 33.8 Å². The number of hydrogen-bond donors (Lipinski definition) is 2. The summed E-state index contributed by atoms with van der Waals surface area (Å²) in [6.45, 7) is 4.09. The summed E-state index contributed by atoms with van der Waals surface area (Å²) in [4.78, 5) is 12.2. The summed E-state index contributed by atoms with van der Waals surface area (Å²) in [5, 5.41) is 3.52. The van der Waals surface area contributed by atoms with Gasteiger partial charge in [0.05, 0.1) is 15.0 Å². The second kappa shape index (κ2) is 5.87. The van der Waals surface area contributed by atoms with E-state index in [-0.39, 0.29) is 5.91 Å². The van der Waals surface area contributed by atoms with Crippen LogP contribution in [0, 0.1) is 5.41 Å². The Balaban J connectivity index is 2.72. The molecule has 0 bridgehead atoms. The first-order valence-electron chi connectivity index (χ1n) is 5.27. The van der Waals surface area contributed by atoms with Crippen LogP contribution >= 0.6 is 35.4 Å². The van der Waals surface area contributed by atoms with Crippen LogP contribution in [0.3, 0.4) is 0 Å². The van der Waals surface area contributed by atoms with Crippen LogP contribution in [-0.2, 0) is 0 Å². The van der Waals surface area contributed by atoms with Gasteiger partial charge in [0.1, 0.15) is 0 Å². The number of amides is 1. The Morgan fingerprint density at radius 2 is 2.00 bits per heavy atom. The minimum atomic E-state index is -0.429. The standard InChI is InChI=1S/C12H14Cl2N2OS/c1-12(2,11(15)18)6-16-10(17)7-3-4-8(13)9(14)5-7/h3-5H,6H2,1-2H3,(H2,15,18)(H,16,17). The number of thiocarbonyl (C=S) groups is 1. The molecule has 0 aliphatic rings. The van der Waals surface area contributed by atoms with Crippen molar-refractivity contribution >= 4 is 46.3 Å². The largest absolute Gasteiger partial charge is 0.393 e. The summed E-state index contributed by atoms with van der Waals surface area (Å²) in [5.41, 5.74) is 5.60. The lowest BCUT2D eigenvalue weighted by molar-refractivity contribution is 0.0945. The van der Waals surface area contributed by atoms with Gasteiger partial charge in [0.25, 0.3) is 5.91 Å². The summed E-state index contributed by atoms with van der Waals surface area (Å²) in [5.74, 6) is -0.238. The Bertz CT molecular complexity index is 489. The van der Waals surface area contributed by atoms with E-state index in [9.17, 15) is 4.79 Å². The third kappa shape index (κ3) is 3.83. The lowest BCUT2D eigenvalue weighted by atomic mass is 9.93. The van der Waals surface area contributed by atoms with Crippen molar-refractivity contribution in [1.29, 1.82) is 0 Å². The molecule has 1 rings (SSSR count). The molecule has 1 aromatic rings. The Morgan fingerprint density at radius 3 is 2.50 bits per heavy atom. The first-order chi connectivity index (χ1) is 8.24. The van der Waals surface area contributed by atoms with Crippen LogP contribution in [0.15, 0.2) is 18.2 Å². The number of nitrogens with two attached hydrogens (primary N) is 1. The summed E-state index contributed by atoms with van der Waals surface area (Å²) >= 11 is 16.6. The topological polar surface area (TPSA) is 55.1 Å². The molecule has 0 saturated carbocycles. The molecule has 0 atom stereocenters. The maximum Gasteiger partial charge on any atom is 0.251 e. The lowest BCUT2D eigenvalue weighted by Gasteiger charge is -2.23. The molecule has 18 heavy (non-hydrogen) atoms. The van der Waals surface area contributed by atoms with Crippen LogP contribution in [-0.4, -0.2) is 17.4 Å². The molecule has 0 aliphatic carbocycles. The lowest BCUT2D eigenvalue weighted by Crippen LogP contribution is -2.41. The van der Waals surface area contributed by atoms with Crippen LogP contribution in [0.2, 0.25) is 10.0 Å². The van der Waals surface area contributed by atoms with Gasteiger partial charge in [-0.05, 0) is 18.2 Å². The predicted molar refractivity (Wildman–Crippen MR) is 79.4 cm³/mol. The molecule has 0 fully saturated rings. The molecule has 3 nitrogen and oxygen atoms in total. The molecule has 0 heterocycles. The average molecular weight is 305 g/mol. The minimum absolute atomic E-state index is 0.238. The highest BCUT2D eigenvalue weighted by atomic mass is 35.5. The van der Waals surface area contributed by atoms with Crippen molar-refractivity contribution in [2.24, 2.45) is 11.1 Å². The molecule has 0 aliphatic heterocycles. The van der Waals surface area contributed by atoms with E-state index in [0.29, 0.717) is 27.1 Å². The molecule has 0 unspecified atom stereocenters. The van der Waals surface area contributed by atoms with Gasteiger partial charge in [-0.2, -0.15) is 0 Å². The van der Waals surface area contributed by atoms with Crippen molar-refractivity contribution in [3.63, 3.8) is 0 Å². The predicted octanol–water partition coefficient (Wildman–Crippen LogP) is 3.04. The number of rotatable bonds is 4. The fourth-order valence-electron chi connectivity index (χ4n) is 1.13. The number of benzene rings is 1. The molecule has 1 amide bonds. The van der Waals surface area contributed by atoms with Crippen molar-refractivity contribution < 1.29 is 4.79 Å². The highest BCUT2D eigenvalue weighted by Crippen LogP contribution is 2.22. The van der Waals surface area contributed by atoms with Gasteiger partial charge in [0.2, 0.25) is 0 Å². The van der Waals surface area contributed by atoms with Crippen LogP contribution < -0.4 is 11.1 Å². The zero-order valence-corrected chi connectivity index (χ0v) is 12.4. The van der Waals surface area contributed by atoms with E-state index in [2.05, 4.69) is 5.32 Å². The molecule has 3 N–H and O–H groups in total. The van der Waals surface area contributed by atoms with Gasteiger partial charge in [-0.1, -0.05) is 49.3 Å². The van der Waals surface area contributed by atoms with E-state index in [1.165, 1.54) is 6.07 Å². The van der Waals surface area contributed by atoms with E-state index in [1.807, 2.05) is 13.8 Å². The van der Waals surface area contributed by atoms with Crippen LogP contribution in [0.1, 0.15) is 24.2 Å². The molecule has 6 heteroatoms. The van der Waals surface area contributed by atoms with Gasteiger partial charge in [-0.25, -0.2) is 0 Å². The van der Waals surface area contributed by atoms with E-state index < -0.39 is 5.41 Å². The highest BCUT2D eigenvalue weighted by Gasteiger charge is 2.22. The number of nitrogens with one attached hydrogen (secondary N) is 1. The Kier molecular flexibility index (Phi) is 4.96. The van der Waals surface area contributed by atoms with Gasteiger partial charge >= 0.3 is 0 Å². The van der Waals surface area contributed by atoms with E-state index >= 15 is 0 Å². The van der Waals surface area contributed by atoms with Gasteiger partial charge in [0.15, 0.2) is 0 Å². The fourth-order valence-corrected chi connectivity index (χ4v) is 1.50.